The van der Waals surface area contributed by atoms with Crippen LogP contribution >= 0.6 is 0 Å². The third-order valence-electron chi connectivity index (χ3n) is 6.43. The van der Waals surface area contributed by atoms with E-state index in [9.17, 15) is 4.79 Å². The zero-order valence-corrected chi connectivity index (χ0v) is 18.4. The Labute approximate surface area is 186 Å². The molecule has 0 bridgehead atoms. The third-order valence-corrected chi connectivity index (χ3v) is 6.43. The summed E-state index contributed by atoms with van der Waals surface area (Å²) in [6.07, 6.45) is 8.49. The Morgan fingerprint density at radius 3 is 2.44 bits per heavy atom. The topological polar surface area (TPSA) is 76.8 Å². The van der Waals surface area contributed by atoms with Crippen molar-refractivity contribution in [1.82, 2.24) is 24.5 Å². The van der Waals surface area contributed by atoms with Crippen molar-refractivity contribution in [2.75, 3.05) is 18.0 Å². The molecule has 0 saturated carbocycles. The first-order valence-corrected chi connectivity index (χ1v) is 11.0. The van der Waals surface area contributed by atoms with Gasteiger partial charge < -0.3 is 4.90 Å². The van der Waals surface area contributed by atoms with E-state index in [1.165, 1.54) is 11.3 Å². The Balaban J connectivity index is 1.49. The molecule has 3 aromatic heterocycles. The van der Waals surface area contributed by atoms with Crippen LogP contribution in [0, 0.1) is 13.8 Å². The van der Waals surface area contributed by atoms with Gasteiger partial charge in [-0.25, -0.2) is 4.98 Å². The Kier molecular flexibility index (Phi) is 5.39. The van der Waals surface area contributed by atoms with Crippen LogP contribution in [-0.2, 0) is 6.54 Å². The molecule has 7 nitrogen and oxygen atoms in total. The van der Waals surface area contributed by atoms with Gasteiger partial charge in [0.2, 0.25) is 0 Å². The van der Waals surface area contributed by atoms with Crippen molar-refractivity contribution in [3.63, 3.8) is 0 Å². The summed E-state index contributed by atoms with van der Waals surface area (Å²) in [7, 11) is 0. The number of piperidine rings is 1. The number of para-hydroxylation sites is 1. The van der Waals surface area contributed by atoms with Gasteiger partial charge in [-0.3, -0.25) is 24.3 Å². The molecule has 7 heteroatoms. The van der Waals surface area contributed by atoms with Gasteiger partial charge in [0, 0.05) is 49.1 Å². The van der Waals surface area contributed by atoms with Gasteiger partial charge in [-0.2, -0.15) is 0 Å². The molecule has 162 valence electrons. The number of hydrogen-bond donors (Lipinski definition) is 0. The highest BCUT2D eigenvalue weighted by molar-refractivity contribution is 5.71. The van der Waals surface area contributed by atoms with E-state index >= 15 is 0 Å². The second-order valence-electron chi connectivity index (χ2n) is 8.39. The zero-order chi connectivity index (χ0) is 22.1. The number of aromatic nitrogens is 5. The van der Waals surface area contributed by atoms with Crippen LogP contribution in [0.25, 0.3) is 11.2 Å². The Morgan fingerprint density at radius 2 is 1.66 bits per heavy atom. The summed E-state index contributed by atoms with van der Waals surface area (Å²) in [4.78, 5) is 33.8. The minimum Gasteiger partial charge on any atom is -0.371 e. The minimum atomic E-state index is -0.00241. The summed E-state index contributed by atoms with van der Waals surface area (Å²) < 4.78 is 1.71. The first-order valence-electron chi connectivity index (χ1n) is 11.0. The van der Waals surface area contributed by atoms with E-state index in [-0.39, 0.29) is 11.5 Å². The van der Waals surface area contributed by atoms with Gasteiger partial charge in [0.05, 0.1) is 17.9 Å². The molecule has 0 unspecified atom stereocenters. The largest absolute Gasteiger partial charge is 0.371 e. The average molecular weight is 427 g/mol. The van der Waals surface area contributed by atoms with E-state index in [2.05, 4.69) is 56.0 Å². The van der Waals surface area contributed by atoms with Crippen molar-refractivity contribution < 1.29 is 0 Å². The number of benzene rings is 1. The lowest BCUT2D eigenvalue weighted by Gasteiger charge is -2.34. The Bertz CT molecular complexity index is 1320. The number of nitrogens with zero attached hydrogens (tertiary/aromatic N) is 6. The van der Waals surface area contributed by atoms with Crippen LogP contribution in [0.15, 0.2) is 59.9 Å². The van der Waals surface area contributed by atoms with Crippen LogP contribution in [0.4, 0.5) is 5.69 Å². The van der Waals surface area contributed by atoms with Gasteiger partial charge in [0.25, 0.3) is 5.56 Å². The van der Waals surface area contributed by atoms with Crippen molar-refractivity contribution in [1.29, 1.82) is 0 Å². The molecule has 32 heavy (non-hydrogen) atoms. The molecule has 0 atom stereocenters. The molecule has 1 fully saturated rings. The van der Waals surface area contributed by atoms with Crippen molar-refractivity contribution >= 4 is 16.9 Å². The molecule has 5 rings (SSSR count). The molecule has 1 saturated heterocycles. The summed E-state index contributed by atoms with van der Waals surface area (Å²) in [5.41, 5.74) is 6.30. The fourth-order valence-electron chi connectivity index (χ4n) is 4.64. The lowest BCUT2D eigenvalue weighted by atomic mass is 9.89. The molecular formula is C25H26N6O. The summed E-state index contributed by atoms with van der Waals surface area (Å²) >= 11 is 0. The number of anilines is 1. The van der Waals surface area contributed by atoms with Crippen LogP contribution in [0.1, 0.15) is 41.3 Å². The number of aryl methyl sites for hydroxylation is 2. The number of pyridine rings is 1. The lowest BCUT2D eigenvalue weighted by molar-refractivity contribution is 0.498. The van der Waals surface area contributed by atoms with Crippen molar-refractivity contribution in [3.05, 3.63) is 88.0 Å². The minimum absolute atomic E-state index is 0.00241. The van der Waals surface area contributed by atoms with Crippen LogP contribution in [-0.4, -0.2) is 37.6 Å². The second-order valence-corrected chi connectivity index (χ2v) is 8.39. The predicted molar refractivity (Wildman–Crippen MR) is 125 cm³/mol. The van der Waals surface area contributed by atoms with E-state index in [1.54, 1.807) is 29.4 Å². The van der Waals surface area contributed by atoms with E-state index < -0.39 is 0 Å². The van der Waals surface area contributed by atoms with Crippen LogP contribution in [0.3, 0.4) is 0 Å². The first-order chi connectivity index (χ1) is 15.6. The standard InChI is InChI=1S/C25H26N6O/c1-17-5-3-4-6-23(17)30-13-7-19(8-14-30)20-15-21-24(29-12-11-27-21)31(25(20)32)16-22-18(2)26-9-10-28-22/h3-6,9-12,15,19H,7-8,13-14,16H2,1-2H3. The van der Waals surface area contributed by atoms with E-state index in [4.69, 9.17) is 0 Å². The summed E-state index contributed by atoms with van der Waals surface area (Å²) in [5.74, 6) is 0.198. The maximum Gasteiger partial charge on any atom is 0.256 e. The van der Waals surface area contributed by atoms with Gasteiger partial charge in [-0.05, 0) is 50.3 Å². The Morgan fingerprint density at radius 1 is 0.938 bits per heavy atom. The number of hydrogen-bond acceptors (Lipinski definition) is 6. The maximum atomic E-state index is 13.6. The molecular weight excluding hydrogens is 400 g/mol. The predicted octanol–water partition coefficient (Wildman–Crippen LogP) is 3.63. The van der Waals surface area contributed by atoms with E-state index in [0.29, 0.717) is 12.2 Å². The van der Waals surface area contributed by atoms with Gasteiger partial charge in [-0.15, -0.1) is 0 Å². The summed E-state index contributed by atoms with van der Waals surface area (Å²) in [5, 5.41) is 0. The average Bonchev–Trinajstić information content (AvgIpc) is 2.82. The molecule has 1 aromatic carbocycles. The molecule has 0 radical (unpaired) electrons. The molecule has 0 amide bonds. The van der Waals surface area contributed by atoms with E-state index in [0.717, 1.165) is 48.4 Å². The highest BCUT2D eigenvalue weighted by Gasteiger charge is 2.25. The van der Waals surface area contributed by atoms with E-state index in [1.807, 2.05) is 13.0 Å². The summed E-state index contributed by atoms with van der Waals surface area (Å²) in [6, 6.07) is 10.4. The Hall–Kier alpha value is -3.61. The van der Waals surface area contributed by atoms with Crippen molar-refractivity contribution in [2.24, 2.45) is 0 Å². The smallest absolute Gasteiger partial charge is 0.256 e. The SMILES string of the molecule is Cc1ccccc1N1CCC(c2cc3nccnc3n(Cc3nccnc3C)c2=O)CC1. The first kappa shape index (κ1) is 20.3. The molecule has 0 spiro atoms. The van der Waals surface area contributed by atoms with Gasteiger partial charge >= 0.3 is 0 Å². The highest BCUT2D eigenvalue weighted by Crippen LogP contribution is 2.31. The third kappa shape index (κ3) is 3.75. The fourth-order valence-corrected chi connectivity index (χ4v) is 4.64. The molecule has 4 heterocycles. The monoisotopic (exact) mass is 426 g/mol. The van der Waals surface area contributed by atoms with Crippen LogP contribution in [0.5, 0.6) is 0 Å². The van der Waals surface area contributed by atoms with Crippen molar-refractivity contribution in [2.45, 2.75) is 39.2 Å². The zero-order valence-electron chi connectivity index (χ0n) is 18.4. The van der Waals surface area contributed by atoms with Crippen LogP contribution in [0.2, 0.25) is 0 Å². The van der Waals surface area contributed by atoms with Gasteiger partial charge in [-0.1, -0.05) is 18.2 Å². The lowest BCUT2D eigenvalue weighted by Crippen LogP contribution is -2.36. The molecule has 0 aliphatic carbocycles. The molecule has 0 N–H and O–H groups in total. The number of fused-ring (bicyclic) bond motifs is 1. The van der Waals surface area contributed by atoms with Gasteiger partial charge in [0.1, 0.15) is 5.52 Å². The second kappa shape index (κ2) is 8.49. The summed E-state index contributed by atoms with van der Waals surface area (Å²) in [6.45, 7) is 6.25. The molecule has 1 aliphatic rings. The van der Waals surface area contributed by atoms with Crippen molar-refractivity contribution in [3.8, 4) is 0 Å². The number of rotatable bonds is 4. The normalized spacial score (nSPS) is 14.8. The molecule has 4 aromatic rings. The highest BCUT2D eigenvalue weighted by atomic mass is 16.1. The quantitative estimate of drug-likeness (QED) is 0.496. The maximum absolute atomic E-state index is 13.6. The van der Waals surface area contributed by atoms with Gasteiger partial charge in [0.15, 0.2) is 5.65 Å². The fraction of sp³-hybridized carbons (Fsp3) is 0.320. The van der Waals surface area contributed by atoms with Crippen LogP contribution < -0.4 is 10.5 Å². The molecule has 1 aliphatic heterocycles.